The first-order valence-corrected chi connectivity index (χ1v) is 9.41. The molecule has 4 rings (SSSR count). The van der Waals surface area contributed by atoms with Gasteiger partial charge in [0.25, 0.3) is 5.91 Å². The number of halogens is 1. The summed E-state index contributed by atoms with van der Waals surface area (Å²) in [4.78, 5) is 17.5. The zero-order chi connectivity index (χ0) is 18.1. The maximum Gasteiger partial charge on any atom is 0.255 e. The zero-order valence-corrected chi connectivity index (χ0v) is 15.7. The van der Waals surface area contributed by atoms with Gasteiger partial charge in [-0.1, -0.05) is 11.6 Å². The van der Waals surface area contributed by atoms with Crippen molar-refractivity contribution >= 4 is 17.5 Å². The Morgan fingerprint density at radius 1 is 1.31 bits per heavy atom. The zero-order valence-electron chi connectivity index (χ0n) is 14.9. The number of rotatable bonds is 4. The SMILES string of the molecule is COc1ccc(Cl)c(C(=O)N2Cc3ccnn3[C@H](CN3CCCC3)C2)c1. The number of hydrogen-bond acceptors (Lipinski definition) is 4. The highest BCUT2D eigenvalue weighted by atomic mass is 35.5. The molecule has 0 saturated carbocycles. The van der Waals surface area contributed by atoms with E-state index in [0.29, 0.717) is 29.4 Å². The fraction of sp³-hybridized carbons (Fsp3) is 0.474. The quantitative estimate of drug-likeness (QED) is 0.825. The summed E-state index contributed by atoms with van der Waals surface area (Å²) in [5, 5.41) is 4.95. The van der Waals surface area contributed by atoms with Gasteiger partial charge in [-0.05, 0) is 50.2 Å². The van der Waals surface area contributed by atoms with Crippen LogP contribution in [0.4, 0.5) is 0 Å². The number of carbonyl (C=O) groups is 1. The number of likely N-dealkylation sites (tertiary alicyclic amines) is 1. The van der Waals surface area contributed by atoms with Crippen LogP contribution >= 0.6 is 11.6 Å². The van der Waals surface area contributed by atoms with Gasteiger partial charge in [-0.3, -0.25) is 9.48 Å². The van der Waals surface area contributed by atoms with Crippen LogP contribution < -0.4 is 4.74 Å². The van der Waals surface area contributed by atoms with E-state index < -0.39 is 0 Å². The smallest absolute Gasteiger partial charge is 0.255 e. The molecule has 1 fully saturated rings. The molecular weight excluding hydrogens is 352 g/mol. The van der Waals surface area contributed by atoms with Crippen molar-refractivity contribution in [2.45, 2.75) is 25.4 Å². The lowest BCUT2D eigenvalue weighted by atomic mass is 10.1. The minimum Gasteiger partial charge on any atom is -0.497 e. The summed E-state index contributed by atoms with van der Waals surface area (Å²) in [7, 11) is 1.59. The highest BCUT2D eigenvalue weighted by molar-refractivity contribution is 6.33. The standard InChI is InChI=1S/C19H23ClN4O2/c1-26-16-4-5-18(20)17(10-16)19(25)23-12-14-6-7-21-24(14)15(13-23)11-22-8-2-3-9-22/h4-7,10,15H,2-3,8-9,11-13H2,1H3/t15-/m1/s1. The van der Waals surface area contributed by atoms with Crippen molar-refractivity contribution in [3.63, 3.8) is 0 Å². The van der Waals surface area contributed by atoms with E-state index in [1.54, 1.807) is 25.3 Å². The lowest BCUT2D eigenvalue weighted by molar-refractivity contribution is 0.0646. The Labute approximate surface area is 158 Å². The molecule has 138 valence electrons. The topological polar surface area (TPSA) is 50.6 Å². The average molecular weight is 375 g/mol. The molecule has 26 heavy (non-hydrogen) atoms. The van der Waals surface area contributed by atoms with Gasteiger partial charge < -0.3 is 14.5 Å². The maximum atomic E-state index is 13.1. The summed E-state index contributed by atoms with van der Waals surface area (Å²) >= 11 is 6.29. The van der Waals surface area contributed by atoms with E-state index in [2.05, 4.69) is 14.7 Å². The summed E-state index contributed by atoms with van der Waals surface area (Å²) in [6.45, 7) is 4.36. The highest BCUT2D eigenvalue weighted by Gasteiger charge is 2.31. The summed E-state index contributed by atoms with van der Waals surface area (Å²) in [5.41, 5.74) is 1.55. The monoisotopic (exact) mass is 374 g/mol. The summed E-state index contributed by atoms with van der Waals surface area (Å²) in [5.74, 6) is 0.571. The van der Waals surface area contributed by atoms with Gasteiger partial charge >= 0.3 is 0 Å². The number of fused-ring (bicyclic) bond motifs is 1. The first-order chi connectivity index (χ1) is 12.7. The molecule has 1 aromatic carbocycles. The van der Waals surface area contributed by atoms with Crippen LogP contribution in [0.5, 0.6) is 5.75 Å². The molecular formula is C19H23ClN4O2. The lowest BCUT2D eigenvalue weighted by Crippen LogP contribution is -2.45. The van der Waals surface area contributed by atoms with Crippen LogP contribution in [-0.2, 0) is 6.54 Å². The molecule has 0 unspecified atom stereocenters. The number of methoxy groups -OCH3 is 1. The third-order valence-corrected chi connectivity index (χ3v) is 5.57. The Hall–Kier alpha value is -2.05. The largest absolute Gasteiger partial charge is 0.497 e. The molecule has 1 aromatic heterocycles. The minimum absolute atomic E-state index is 0.0622. The van der Waals surface area contributed by atoms with Gasteiger partial charge in [0.15, 0.2) is 0 Å². The Balaban J connectivity index is 1.58. The first kappa shape index (κ1) is 17.4. The van der Waals surface area contributed by atoms with Crippen LogP contribution in [-0.4, -0.2) is 58.8 Å². The molecule has 0 bridgehead atoms. The normalized spacial score (nSPS) is 20.2. The fourth-order valence-corrected chi connectivity index (χ4v) is 4.10. The molecule has 3 heterocycles. The second-order valence-corrected chi connectivity index (χ2v) is 7.37. The van der Waals surface area contributed by atoms with Crippen molar-refractivity contribution in [3.8, 4) is 5.75 Å². The van der Waals surface area contributed by atoms with E-state index in [9.17, 15) is 4.79 Å². The lowest BCUT2D eigenvalue weighted by Gasteiger charge is -2.36. The third-order valence-electron chi connectivity index (χ3n) is 5.24. The Morgan fingerprint density at radius 3 is 2.88 bits per heavy atom. The van der Waals surface area contributed by atoms with Crippen molar-refractivity contribution in [3.05, 3.63) is 46.7 Å². The molecule has 2 aliphatic heterocycles. The van der Waals surface area contributed by atoms with Crippen molar-refractivity contribution < 1.29 is 9.53 Å². The van der Waals surface area contributed by atoms with Crippen LogP contribution in [0, 0.1) is 0 Å². The second kappa shape index (κ2) is 7.29. The van der Waals surface area contributed by atoms with Crippen LogP contribution in [0.3, 0.4) is 0 Å². The minimum atomic E-state index is -0.0622. The molecule has 0 radical (unpaired) electrons. The maximum absolute atomic E-state index is 13.1. The predicted octanol–water partition coefficient (Wildman–Crippen LogP) is 2.84. The third kappa shape index (κ3) is 3.31. The molecule has 2 aromatic rings. The molecule has 0 N–H and O–H groups in total. The molecule has 1 atom stereocenters. The number of benzene rings is 1. The van der Waals surface area contributed by atoms with Gasteiger partial charge in [-0.15, -0.1) is 0 Å². The van der Waals surface area contributed by atoms with Crippen molar-refractivity contribution in [1.29, 1.82) is 0 Å². The molecule has 1 amide bonds. The van der Waals surface area contributed by atoms with Gasteiger partial charge in [0, 0.05) is 19.3 Å². The molecule has 6 nitrogen and oxygen atoms in total. The van der Waals surface area contributed by atoms with Crippen LogP contribution in [0.25, 0.3) is 0 Å². The highest BCUT2D eigenvalue weighted by Crippen LogP contribution is 2.28. The van der Waals surface area contributed by atoms with Gasteiger partial charge in [-0.2, -0.15) is 5.10 Å². The summed E-state index contributed by atoms with van der Waals surface area (Å²) in [6.07, 6.45) is 4.32. The molecule has 1 saturated heterocycles. The number of hydrogen-bond donors (Lipinski definition) is 0. The number of carbonyl (C=O) groups excluding carboxylic acids is 1. The molecule has 0 aliphatic carbocycles. The number of nitrogens with zero attached hydrogens (tertiary/aromatic N) is 4. The van der Waals surface area contributed by atoms with Gasteiger partial charge in [0.1, 0.15) is 5.75 Å². The van der Waals surface area contributed by atoms with E-state index in [4.69, 9.17) is 16.3 Å². The number of ether oxygens (including phenoxy) is 1. The molecule has 2 aliphatic rings. The summed E-state index contributed by atoms with van der Waals surface area (Å²) < 4.78 is 7.33. The van der Waals surface area contributed by atoms with E-state index in [1.807, 2.05) is 17.2 Å². The summed E-state index contributed by atoms with van der Waals surface area (Å²) in [6, 6.07) is 7.35. The van der Waals surface area contributed by atoms with Crippen LogP contribution in [0.1, 0.15) is 34.9 Å². The number of aromatic nitrogens is 2. The van der Waals surface area contributed by atoms with E-state index >= 15 is 0 Å². The van der Waals surface area contributed by atoms with Gasteiger partial charge in [-0.25, -0.2) is 0 Å². The first-order valence-electron chi connectivity index (χ1n) is 9.03. The second-order valence-electron chi connectivity index (χ2n) is 6.96. The van der Waals surface area contributed by atoms with Gasteiger partial charge in [0.05, 0.1) is 36.0 Å². The Kier molecular flexibility index (Phi) is 4.87. The van der Waals surface area contributed by atoms with Crippen molar-refractivity contribution in [2.24, 2.45) is 0 Å². The Bertz CT molecular complexity index is 801. The molecule has 0 spiro atoms. The van der Waals surface area contributed by atoms with E-state index in [0.717, 1.165) is 25.3 Å². The predicted molar refractivity (Wildman–Crippen MR) is 99.7 cm³/mol. The van der Waals surface area contributed by atoms with E-state index in [-0.39, 0.29) is 11.9 Å². The van der Waals surface area contributed by atoms with Gasteiger partial charge in [0.2, 0.25) is 0 Å². The van der Waals surface area contributed by atoms with Crippen molar-refractivity contribution in [2.75, 3.05) is 33.3 Å². The van der Waals surface area contributed by atoms with Crippen LogP contribution in [0.2, 0.25) is 5.02 Å². The number of amides is 1. The van der Waals surface area contributed by atoms with Crippen LogP contribution in [0.15, 0.2) is 30.5 Å². The molecule has 7 heteroatoms. The van der Waals surface area contributed by atoms with E-state index in [1.165, 1.54) is 12.8 Å². The Morgan fingerprint density at radius 2 is 2.12 bits per heavy atom. The fourth-order valence-electron chi connectivity index (χ4n) is 3.91. The average Bonchev–Trinajstić information content (AvgIpc) is 3.33. The van der Waals surface area contributed by atoms with Crippen molar-refractivity contribution in [1.82, 2.24) is 19.6 Å².